The molecule has 33 heavy (non-hydrogen) atoms. The van der Waals surface area contributed by atoms with Crippen molar-refractivity contribution in [1.29, 1.82) is 0 Å². The minimum Gasteiger partial charge on any atom is -0.462 e. The summed E-state index contributed by atoms with van der Waals surface area (Å²) in [6.45, 7) is 1.90. The number of furan rings is 1. The van der Waals surface area contributed by atoms with Gasteiger partial charge in [-0.1, -0.05) is 6.07 Å². The molecule has 0 aliphatic heterocycles. The lowest BCUT2D eigenvalue weighted by Gasteiger charge is -2.07. The molecule has 7 nitrogen and oxygen atoms in total. The average Bonchev–Trinajstić information content (AvgIpc) is 3.19. The Bertz CT molecular complexity index is 1340. The number of nitrogens with zero attached hydrogens (tertiary/aromatic N) is 1. The van der Waals surface area contributed by atoms with Gasteiger partial charge in [-0.3, -0.25) is 10.1 Å². The average molecular weight is 447 g/mol. The highest BCUT2D eigenvalue weighted by atomic mass is 19.1. The van der Waals surface area contributed by atoms with Crippen LogP contribution in [0, 0.1) is 15.9 Å². The second-order valence-electron chi connectivity index (χ2n) is 6.96. The first-order chi connectivity index (χ1) is 15.9. The number of nitro groups is 1. The van der Waals surface area contributed by atoms with Gasteiger partial charge in [0.1, 0.15) is 34.2 Å². The molecule has 8 heteroatoms. The summed E-state index contributed by atoms with van der Waals surface area (Å²) in [6.07, 6.45) is 2.17. The van der Waals surface area contributed by atoms with Crippen LogP contribution in [-0.4, -0.2) is 17.5 Å². The van der Waals surface area contributed by atoms with Crippen molar-refractivity contribution in [1.82, 2.24) is 0 Å². The van der Waals surface area contributed by atoms with Crippen LogP contribution in [0.2, 0.25) is 0 Å². The number of carbonyl (C=O) groups is 1. The summed E-state index contributed by atoms with van der Waals surface area (Å²) < 4.78 is 30.0. The quantitative estimate of drug-likeness (QED) is 0.184. The van der Waals surface area contributed by atoms with Crippen molar-refractivity contribution in [3.05, 3.63) is 100.0 Å². The highest BCUT2D eigenvalue weighted by Gasteiger charge is 2.23. The molecule has 1 aromatic heterocycles. The third kappa shape index (κ3) is 4.90. The molecular formula is C25H18FNO6. The molecule has 3 aromatic carbocycles. The molecule has 0 N–H and O–H groups in total. The van der Waals surface area contributed by atoms with Gasteiger partial charge in [0, 0.05) is 17.0 Å². The maximum absolute atomic E-state index is 13.1. The molecule has 0 aliphatic carbocycles. The fraction of sp³-hybridized carbons (Fsp3) is 0.0800. The van der Waals surface area contributed by atoms with Crippen LogP contribution in [0.25, 0.3) is 28.4 Å². The predicted octanol–water partition coefficient (Wildman–Crippen LogP) is 6.46. The van der Waals surface area contributed by atoms with Gasteiger partial charge in [0.05, 0.1) is 11.5 Å². The Balaban J connectivity index is 1.71. The second kappa shape index (κ2) is 9.35. The molecule has 0 radical (unpaired) electrons. The first-order valence-corrected chi connectivity index (χ1v) is 10.0. The lowest BCUT2D eigenvalue weighted by atomic mass is 10.0. The molecule has 4 aromatic rings. The van der Waals surface area contributed by atoms with E-state index >= 15 is 0 Å². The maximum atomic E-state index is 13.1. The summed E-state index contributed by atoms with van der Waals surface area (Å²) in [4.78, 5) is 22.8. The molecule has 0 aliphatic rings. The van der Waals surface area contributed by atoms with Gasteiger partial charge in [-0.15, -0.1) is 0 Å². The highest BCUT2D eigenvalue weighted by Crippen LogP contribution is 2.36. The van der Waals surface area contributed by atoms with Crippen LogP contribution in [0.3, 0.4) is 0 Å². The van der Waals surface area contributed by atoms with E-state index in [2.05, 4.69) is 0 Å². The van der Waals surface area contributed by atoms with Crippen molar-refractivity contribution in [2.45, 2.75) is 6.92 Å². The molecule has 0 amide bonds. The van der Waals surface area contributed by atoms with Crippen molar-refractivity contribution in [3.8, 4) is 22.8 Å². The molecule has 4 rings (SSSR count). The SMILES string of the molecule is CCOC(=O)c1c(-c2ccc(Oc3ccc(F)cc3)cc2)oc2cc(C=C[N+](=O)[O-])ccc12. The van der Waals surface area contributed by atoms with E-state index in [1.54, 1.807) is 49.4 Å². The van der Waals surface area contributed by atoms with E-state index in [-0.39, 0.29) is 18.0 Å². The van der Waals surface area contributed by atoms with E-state index in [0.717, 1.165) is 6.20 Å². The fourth-order valence-corrected chi connectivity index (χ4v) is 3.29. The fourth-order valence-electron chi connectivity index (χ4n) is 3.29. The summed E-state index contributed by atoms with van der Waals surface area (Å²) in [6, 6.07) is 17.5. The van der Waals surface area contributed by atoms with Gasteiger partial charge in [0.25, 0.3) is 0 Å². The molecule has 0 spiro atoms. The third-order valence-electron chi connectivity index (χ3n) is 4.75. The molecule has 0 bridgehead atoms. The topological polar surface area (TPSA) is 91.8 Å². The number of esters is 1. The van der Waals surface area contributed by atoms with Crippen LogP contribution >= 0.6 is 0 Å². The zero-order valence-electron chi connectivity index (χ0n) is 17.5. The zero-order chi connectivity index (χ0) is 23.4. The Morgan fingerprint density at radius 2 is 1.73 bits per heavy atom. The number of rotatable bonds is 7. The number of fused-ring (bicyclic) bond motifs is 1. The Hall–Kier alpha value is -4.46. The largest absolute Gasteiger partial charge is 0.462 e. The van der Waals surface area contributed by atoms with Gasteiger partial charge in [0.2, 0.25) is 6.20 Å². The van der Waals surface area contributed by atoms with E-state index in [0.29, 0.717) is 39.4 Å². The molecule has 0 saturated heterocycles. The van der Waals surface area contributed by atoms with Crippen LogP contribution in [-0.2, 0) is 4.74 Å². The zero-order valence-corrected chi connectivity index (χ0v) is 17.5. The van der Waals surface area contributed by atoms with Crippen LogP contribution in [0.4, 0.5) is 4.39 Å². The van der Waals surface area contributed by atoms with Crippen LogP contribution < -0.4 is 4.74 Å². The molecule has 0 unspecified atom stereocenters. The number of carbonyl (C=O) groups excluding carboxylic acids is 1. The lowest BCUT2D eigenvalue weighted by Crippen LogP contribution is -2.05. The standard InChI is InChI=1S/C25H18FNO6/c1-2-31-25(28)23-21-12-3-16(13-14-27(29)30)15-22(21)33-24(23)17-4-8-19(9-5-17)32-20-10-6-18(26)7-11-20/h3-15H,2H2,1H3. The van der Waals surface area contributed by atoms with Crippen molar-refractivity contribution in [2.24, 2.45) is 0 Å². The summed E-state index contributed by atoms with van der Waals surface area (Å²) in [7, 11) is 0. The summed E-state index contributed by atoms with van der Waals surface area (Å²) in [5, 5.41) is 11.1. The van der Waals surface area contributed by atoms with Gasteiger partial charge >= 0.3 is 5.97 Å². The van der Waals surface area contributed by atoms with E-state index < -0.39 is 10.9 Å². The maximum Gasteiger partial charge on any atom is 0.342 e. The summed E-state index contributed by atoms with van der Waals surface area (Å²) in [5.41, 5.74) is 1.83. The van der Waals surface area contributed by atoms with Crippen molar-refractivity contribution in [3.63, 3.8) is 0 Å². The molecule has 1 heterocycles. The van der Waals surface area contributed by atoms with Gasteiger partial charge < -0.3 is 13.9 Å². The number of ether oxygens (including phenoxy) is 2. The Morgan fingerprint density at radius 1 is 1.06 bits per heavy atom. The highest BCUT2D eigenvalue weighted by molar-refractivity contribution is 6.09. The number of hydrogen-bond acceptors (Lipinski definition) is 6. The minimum absolute atomic E-state index is 0.194. The van der Waals surface area contributed by atoms with Crippen molar-refractivity contribution >= 4 is 23.0 Å². The lowest BCUT2D eigenvalue weighted by molar-refractivity contribution is -0.400. The molecule has 0 atom stereocenters. The smallest absolute Gasteiger partial charge is 0.342 e. The van der Waals surface area contributed by atoms with Gasteiger partial charge in [-0.05, 0) is 73.2 Å². The van der Waals surface area contributed by atoms with E-state index in [1.165, 1.54) is 30.3 Å². The molecule has 0 fully saturated rings. The number of hydrogen-bond donors (Lipinski definition) is 0. The monoisotopic (exact) mass is 447 g/mol. The second-order valence-corrected chi connectivity index (χ2v) is 6.96. The van der Waals surface area contributed by atoms with Gasteiger partial charge in [0.15, 0.2) is 0 Å². The first kappa shape index (κ1) is 21.8. The van der Waals surface area contributed by atoms with Crippen molar-refractivity contribution < 1.29 is 28.0 Å². The Kier molecular flexibility index (Phi) is 6.17. The van der Waals surface area contributed by atoms with E-state index in [1.807, 2.05) is 0 Å². The first-order valence-electron chi connectivity index (χ1n) is 10.0. The van der Waals surface area contributed by atoms with E-state index in [9.17, 15) is 19.3 Å². The van der Waals surface area contributed by atoms with Gasteiger partial charge in [-0.25, -0.2) is 9.18 Å². The normalized spacial score (nSPS) is 11.1. The van der Waals surface area contributed by atoms with Crippen LogP contribution in [0.15, 0.2) is 77.3 Å². The molecular weight excluding hydrogens is 429 g/mol. The van der Waals surface area contributed by atoms with Crippen LogP contribution in [0.5, 0.6) is 11.5 Å². The third-order valence-corrected chi connectivity index (χ3v) is 4.75. The van der Waals surface area contributed by atoms with Crippen LogP contribution in [0.1, 0.15) is 22.8 Å². The van der Waals surface area contributed by atoms with Gasteiger partial charge in [-0.2, -0.15) is 0 Å². The van der Waals surface area contributed by atoms with E-state index in [4.69, 9.17) is 13.9 Å². The molecule has 0 saturated carbocycles. The minimum atomic E-state index is -0.558. The molecule has 166 valence electrons. The Labute approximate surface area is 187 Å². The number of halogens is 1. The summed E-state index contributed by atoms with van der Waals surface area (Å²) >= 11 is 0. The Morgan fingerprint density at radius 3 is 2.36 bits per heavy atom. The predicted molar refractivity (Wildman–Crippen MR) is 120 cm³/mol. The summed E-state index contributed by atoms with van der Waals surface area (Å²) in [5.74, 6) is 0.423. The number of benzene rings is 3. The van der Waals surface area contributed by atoms with Crippen molar-refractivity contribution in [2.75, 3.05) is 6.61 Å².